The molecule has 7 nitrogen and oxygen atoms in total. The molecule has 0 N–H and O–H groups in total. The zero-order valence-electron chi connectivity index (χ0n) is 8.70. The molecule has 0 aromatic heterocycles. The van der Waals surface area contributed by atoms with Gasteiger partial charge in [0.05, 0.1) is 31.2 Å². The first-order chi connectivity index (χ1) is 7.69. The van der Waals surface area contributed by atoms with Crippen LogP contribution in [0, 0.1) is 11.8 Å². The largest absolute Gasteiger partial charge is 0.469 e. The Labute approximate surface area is 91.3 Å². The third-order valence-electron chi connectivity index (χ3n) is 3.18. The number of esters is 1. The molecule has 2 fully saturated rings. The molecule has 2 heterocycles. The average molecular weight is 225 g/mol. The number of carbonyl (C=O) groups excluding carboxylic acids is 2. The van der Waals surface area contributed by atoms with E-state index in [1.54, 1.807) is 0 Å². The first-order valence-electron chi connectivity index (χ1n) is 5.01. The number of nitrogens with zero attached hydrogens (tertiary/aromatic N) is 3. The second-order valence-electron chi connectivity index (χ2n) is 3.89. The standard InChI is InChI=1S/C9H11N3O4/c1-15-9(14)7-5-3-2-4(16-5)6(7)8(13)11-12-10/h4-7H,2-3H2,1H3/t4-,5+,6-,7+/m1/s1. The van der Waals surface area contributed by atoms with Gasteiger partial charge in [0.25, 0.3) is 0 Å². The highest BCUT2D eigenvalue weighted by Gasteiger charge is 2.55. The van der Waals surface area contributed by atoms with E-state index in [9.17, 15) is 9.59 Å². The topological polar surface area (TPSA) is 101 Å². The van der Waals surface area contributed by atoms with Crippen LogP contribution >= 0.6 is 0 Å². The van der Waals surface area contributed by atoms with E-state index in [0.29, 0.717) is 0 Å². The third kappa shape index (κ3) is 1.54. The molecule has 86 valence electrons. The number of methoxy groups -OCH3 is 1. The summed E-state index contributed by atoms with van der Waals surface area (Å²) in [6.07, 6.45) is 0.868. The van der Waals surface area contributed by atoms with Gasteiger partial charge in [0.15, 0.2) is 0 Å². The molecule has 0 radical (unpaired) electrons. The smallest absolute Gasteiger partial charge is 0.312 e. The molecule has 2 aliphatic rings. The maximum atomic E-state index is 11.6. The van der Waals surface area contributed by atoms with Crippen LogP contribution in [0.25, 0.3) is 10.4 Å². The minimum atomic E-state index is -0.679. The molecular formula is C9H11N3O4. The fourth-order valence-corrected chi connectivity index (χ4v) is 2.54. The third-order valence-corrected chi connectivity index (χ3v) is 3.18. The van der Waals surface area contributed by atoms with Crippen molar-refractivity contribution in [2.75, 3.05) is 7.11 Å². The number of hydrogen-bond donors (Lipinski definition) is 0. The minimum Gasteiger partial charge on any atom is -0.469 e. The van der Waals surface area contributed by atoms with Crippen molar-refractivity contribution < 1.29 is 19.1 Å². The zero-order chi connectivity index (χ0) is 11.7. The van der Waals surface area contributed by atoms with E-state index in [0.717, 1.165) is 12.8 Å². The molecular weight excluding hydrogens is 214 g/mol. The molecule has 2 bridgehead atoms. The molecule has 16 heavy (non-hydrogen) atoms. The second-order valence-corrected chi connectivity index (χ2v) is 3.89. The van der Waals surface area contributed by atoms with Crippen molar-refractivity contribution >= 4 is 11.9 Å². The van der Waals surface area contributed by atoms with E-state index in [1.807, 2.05) is 0 Å². The molecule has 0 spiro atoms. The van der Waals surface area contributed by atoms with Crippen molar-refractivity contribution in [1.29, 1.82) is 0 Å². The monoisotopic (exact) mass is 225 g/mol. The molecule has 7 heteroatoms. The molecule has 0 saturated carbocycles. The van der Waals surface area contributed by atoms with Gasteiger partial charge in [0.1, 0.15) is 0 Å². The molecule has 2 aliphatic heterocycles. The number of ether oxygens (including phenoxy) is 2. The first kappa shape index (κ1) is 10.9. The van der Waals surface area contributed by atoms with Gasteiger partial charge in [-0.2, -0.15) is 0 Å². The summed E-state index contributed by atoms with van der Waals surface area (Å²) in [7, 11) is 1.27. The van der Waals surface area contributed by atoms with E-state index < -0.39 is 23.7 Å². The Bertz CT molecular complexity index is 377. The van der Waals surface area contributed by atoms with Gasteiger partial charge in [-0.3, -0.25) is 9.59 Å². The maximum absolute atomic E-state index is 11.6. The van der Waals surface area contributed by atoms with Crippen LogP contribution in [0.3, 0.4) is 0 Å². The lowest BCUT2D eigenvalue weighted by Crippen LogP contribution is -2.38. The highest BCUT2D eigenvalue weighted by molar-refractivity contribution is 5.87. The van der Waals surface area contributed by atoms with Crippen LogP contribution in [0.15, 0.2) is 5.11 Å². The van der Waals surface area contributed by atoms with Gasteiger partial charge >= 0.3 is 5.97 Å². The Morgan fingerprint density at radius 1 is 1.38 bits per heavy atom. The highest BCUT2D eigenvalue weighted by atomic mass is 16.5. The Kier molecular flexibility index (Phi) is 2.80. The normalized spacial score (nSPS) is 35.6. The van der Waals surface area contributed by atoms with Crippen molar-refractivity contribution in [2.24, 2.45) is 17.0 Å². The van der Waals surface area contributed by atoms with Crippen LogP contribution in [0.1, 0.15) is 12.8 Å². The van der Waals surface area contributed by atoms with E-state index in [1.165, 1.54) is 7.11 Å². The number of hydrogen-bond acceptors (Lipinski definition) is 4. The number of rotatable bonds is 2. The van der Waals surface area contributed by atoms with Crippen molar-refractivity contribution in [2.45, 2.75) is 25.0 Å². The second kappa shape index (κ2) is 4.11. The summed E-state index contributed by atoms with van der Waals surface area (Å²) in [5.41, 5.74) is 8.23. The highest BCUT2D eigenvalue weighted by Crippen LogP contribution is 2.44. The van der Waals surface area contributed by atoms with Crippen molar-refractivity contribution in [3.8, 4) is 0 Å². The van der Waals surface area contributed by atoms with Crippen LogP contribution in [0.5, 0.6) is 0 Å². The molecule has 0 unspecified atom stereocenters. The Morgan fingerprint density at radius 2 is 2.00 bits per heavy atom. The van der Waals surface area contributed by atoms with Gasteiger partial charge in [0.2, 0.25) is 5.91 Å². The van der Waals surface area contributed by atoms with Crippen molar-refractivity contribution in [3.63, 3.8) is 0 Å². The Balaban J connectivity index is 2.24. The van der Waals surface area contributed by atoms with Gasteiger partial charge in [-0.25, -0.2) is 0 Å². The predicted molar refractivity (Wildman–Crippen MR) is 51.0 cm³/mol. The van der Waals surface area contributed by atoms with E-state index in [2.05, 4.69) is 14.8 Å². The van der Waals surface area contributed by atoms with Crippen molar-refractivity contribution in [3.05, 3.63) is 10.4 Å². The zero-order valence-corrected chi connectivity index (χ0v) is 8.70. The Morgan fingerprint density at radius 3 is 2.56 bits per heavy atom. The van der Waals surface area contributed by atoms with Crippen LogP contribution in [0.4, 0.5) is 0 Å². The predicted octanol–water partition coefficient (Wildman–Crippen LogP) is 0.790. The first-order valence-corrected chi connectivity index (χ1v) is 5.01. The SMILES string of the molecule is COC(=O)[C@@H]1[C@H](C(=O)N=[N+]=[N-])[C@H]2CC[C@@H]1O2. The molecule has 0 aliphatic carbocycles. The molecule has 2 saturated heterocycles. The molecule has 4 atom stereocenters. The summed E-state index contributed by atoms with van der Waals surface area (Å²) in [5, 5.41) is 3.05. The summed E-state index contributed by atoms with van der Waals surface area (Å²) in [5.74, 6) is -2.41. The Hall–Kier alpha value is -1.59. The van der Waals surface area contributed by atoms with Crippen LogP contribution in [-0.2, 0) is 19.1 Å². The molecule has 1 amide bonds. The summed E-state index contributed by atoms with van der Waals surface area (Å²) in [6, 6.07) is 0. The fraction of sp³-hybridized carbons (Fsp3) is 0.778. The molecule has 2 rings (SSSR count). The summed E-state index contributed by atoms with van der Waals surface area (Å²) < 4.78 is 10.1. The minimum absolute atomic E-state index is 0.278. The van der Waals surface area contributed by atoms with Gasteiger partial charge < -0.3 is 9.47 Å². The van der Waals surface area contributed by atoms with Crippen LogP contribution < -0.4 is 0 Å². The number of carbonyl (C=O) groups is 2. The quantitative estimate of drug-likeness (QED) is 0.300. The van der Waals surface area contributed by atoms with Gasteiger partial charge in [-0.05, 0) is 23.5 Å². The number of amides is 1. The lowest BCUT2D eigenvalue weighted by molar-refractivity contribution is -0.150. The fourth-order valence-electron chi connectivity index (χ4n) is 2.54. The van der Waals surface area contributed by atoms with Crippen LogP contribution in [-0.4, -0.2) is 31.2 Å². The lowest BCUT2D eigenvalue weighted by atomic mass is 9.79. The van der Waals surface area contributed by atoms with Gasteiger partial charge in [-0.1, -0.05) is 0 Å². The molecule has 0 aromatic rings. The average Bonchev–Trinajstić information content (AvgIpc) is 2.87. The van der Waals surface area contributed by atoms with Crippen molar-refractivity contribution in [1.82, 2.24) is 0 Å². The van der Waals surface area contributed by atoms with E-state index in [-0.39, 0.29) is 12.2 Å². The van der Waals surface area contributed by atoms with E-state index in [4.69, 9.17) is 10.3 Å². The van der Waals surface area contributed by atoms with E-state index >= 15 is 0 Å². The van der Waals surface area contributed by atoms with Gasteiger partial charge in [0, 0.05) is 4.91 Å². The van der Waals surface area contributed by atoms with Gasteiger partial charge in [-0.15, -0.1) is 0 Å². The molecule has 0 aromatic carbocycles. The number of azide groups is 1. The summed E-state index contributed by atoms with van der Waals surface area (Å²) in [4.78, 5) is 25.5. The summed E-state index contributed by atoms with van der Waals surface area (Å²) in [6.45, 7) is 0. The lowest BCUT2D eigenvalue weighted by Gasteiger charge is -2.22. The maximum Gasteiger partial charge on any atom is 0.312 e. The number of fused-ring (bicyclic) bond motifs is 2. The summed E-state index contributed by atoms with van der Waals surface area (Å²) >= 11 is 0. The van der Waals surface area contributed by atoms with Crippen LogP contribution in [0.2, 0.25) is 0 Å².